The molecule has 0 unspecified atom stereocenters. The number of benzene rings is 1. The lowest BCUT2D eigenvalue weighted by Crippen LogP contribution is -2.17. The molecule has 6 heteroatoms. The first-order valence-corrected chi connectivity index (χ1v) is 7.03. The first-order valence-electron chi connectivity index (χ1n) is 7.03. The lowest BCUT2D eigenvalue weighted by molar-refractivity contribution is 0.0343. The van der Waals surface area contributed by atoms with Gasteiger partial charge in [-0.15, -0.1) is 5.10 Å². The fourth-order valence-corrected chi connectivity index (χ4v) is 2.30. The molecule has 2 aromatic heterocycles. The van der Waals surface area contributed by atoms with Gasteiger partial charge < -0.3 is 4.74 Å². The van der Waals surface area contributed by atoms with Gasteiger partial charge in [0.25, 0.3) is 0 Å². The maximum Gasteiger partial charge on any atom is 0.338 e. The number of hydrogen-bond acceptors (Lipinski definition) is 5. The Bertz CT molecular complexity index is 798. The number of aromatic nitrogens is 4. The molecule has 2 heterocycles. The van der Waals surface area contributed by atoms with Crippen LogP contribution in [0.4, 0.5) is 0 Å². The number of esters is 1. The largest absolute Gasteiger partial charge is 0.459 e. The van der Waals surface area contributed by atoms with Crippen LogP contribution in [0, 0.1) is 0 Å². The van der Waals surface area contributed by atoms with Crippen molar-refractivity contribution in [1.29, 1.82) is 0 Å². The fraction of sp³-hybridized carbons (Fsp3) is 0.250. The molecular weight excluding hydrogens is 280 g/mol. The summed E-state index contributed by atoms with van der Waals surface area (Å²) in [5, 5.41) is 7.91. The molecule has 0 aliphatic rings. The number of pyridine rings is 1. The van der Waals surface area contributed by atoms with Crippen LogP contribution in [0.5, 0.6) is 0 Å². The van der Waals surface area contributed by atoms with E-state index in [4.69, 9.17) is 4.74 Å². The second-order valence-electron chi connectivity index (χ2n) is 5.20. The maximum absolute atomic E-state index is 12.2. The normalized spacial score (nSPS) is 12.3. The van der Waals surface area contributed by atoms with E-state index in [9.17, 15) is 4.79 Å². The molecule has 22 heavy (non-hydrogen) atoms. The van der Waals surface area contributed by atoms with Gasteiger partial charge >= 0.3 is 5.97 Å². The Morgan fingerprint density at radius 3 is 3.00 bits per heavy atom. The van der Waals surface area contributed by atoms with Crippen LogP contribution in [0.15, 0.2) is 42.7 Å². The highest BCUT2D eigenvalue weighted by Gasteiger charge is 2.14. The second-order valence-corrected chi connectivity index (χ2v) is 5.20. The van der Waals surface area contributed by atoms with Crippen molar-refractivity contribution in [3.8, 4) is 0 Å². The van der Waals surface area contributed by atoms with Crippen LogP contribution in [-0.4, -0.2) is 32.1 Å². The fourth-order valence-electron chi connectivity index (χ4n) is 2.30. The summed E-state index contributed by atoms with van der Waals surface area (Å²) in [4.78, 5) is 16.3. The van der Waals surface area contributed by atoms with Crippen molar-refractivity contribution in [2.45, 2.75) is 19.4 Å². The summed E-state index contributed by atoms with van der Waals surface area (Å²) < 4.78 is 7.12. The number of aryl methyl sites for hydroxylation is 1. The maximum atomic E-state index is 12.2. The summed E-state index contributed by atoms with van der Waals surface area (Å²) in [5.41, 5.74) is 3.09. The van der Waals surface area contributed by atoms with Crippen molar-refractivity contribution in [3.63, 3.8) is 0 Å². The van der Waals surface area contributed by atoms with E-state index >= 15 is 0 Å². The summed E-state index contributed by atoms with van der Waals surface area (Å²) >= 11 is 0. The van der Waals surface area contributed by atoms with E-state index in [1.54, 1.807) is 42.3 Å². The second kappa shape index (κ2) is 5.93. The van der Waals surface area contributed by atoms with Gasteiger partial charge in [-0.3, -0.25) is 4.98 Å². The van der Waals surface area contributed by atoms with Gasteiger partial charge in [-0.1, -0.05) is 11.3 Å². The van der Waals surface area contributed by atoms with Gasteiger partial charge in [0.15, 0.2) is 0 Å². The molecule has 0 spiro atoms. The first kappa shape index (κ1) is 14.2. The van der Waals surface area contributed by atoms with Crippen LogP contribution in [-0.2, 0) is 18.2 Å². The number of carbonyl (C=O) groups excluding carboxylic acids is 1. The monoisotopic (exact) mass is 296 g/mol. The quantitative estimate of drug-likeness (QED) is 0.690. The van der Waals surface area contributed by atoms with Crippen molar-refractivity contribution in [1.82, 2.24) is 20.0 Å². The van der Waals surface area contributed by atoms with Crippen molar-refractivity contribution in [3.05, 3.63) is 53.9 Å². The SMILES string of the molecule is C[C@H](Cc1cccnc1)OC(=O)c1ccc2nnn(C)c2c1. The lowest BCUT2D eigenvalue weighted by Gasteiger charge is -2.13. The van der Waals surface area contributed by atoms with Crippen LogP contribution in [0.1, 0.15) is 22.8 Å². The molecule has 0 saturated carbocycles. The van der Waals surface area contributed by atoms with Crippen molar-refractivity contribution >= 4 is 17.0 Å². The summed E-state index contributed by atoms with van der Waals surface area (Å²) in [7, 11) is 1.79. The van der Waals surface area contributed by atoms with Gasteiger partial charge in [-0.2, -0.15) is 0 Å². The molecule has 0 N–H and O–H groups in total. The lowest BCUT2D eigenvalue weighted by atomic mass is 10.1. The topological polar surface area (TPSA) is 69.9 Å². The molecule has 0 saturated heterocycles. The molecule has 0 amide bonds. The number of fused-ring (bicyclic) bond motifs is 1. The number of hydrogen-bond donors (Lipinski definition) is 0. The van der Waals surface area contributed by atoms with Crippen LogP contribution >= 0.6 is 0 Å². The smallest absolute Gasteiger partial charge is 0.338 e. The zero-order valence-electron chi connectivity index (χ0n) is 12.4. The highest BCUT2D eigenvalue weighted by atomic mass is 16.5. The summed E-state index contributed by atoms with van der Waals surface area (Å²) in [6, 6.07) is 9.05. The molecule has 6 nitrogen and oxygen atoms in total. The van der Waals surface area contributed by atoms with Crippen molar-refractivity contribution < 1.29 is 9.53 Å². The Morgan fingerprint density at radius 1 is 1.36 bits per heavy atom. The average Bonchev–Trinajstić information content (AvgIpc) is 2.89. The number of ether oxygens (including phenoxy) is 1. The minimum atomic E-state index is -0.348. The molecule has 0 aliphatic heterocycles. The van der Waals surface area contributed by atoms with Crippen LogP contribution in [0.3, 0.4) is 0 Å². The predicted octanol–water partition coefficient (Wildman–Crippen LogP) is 2.15. The Kier molecular flexibility index (Phi) is 3.82. The van der Waals surface area contributed by atoms with Crippen molar-refractivity contribution in [2.24, 2.45) is 7.05 Å². The summed E-state index contributed by atoms with van der Waals surface area (Å²) in [5.74, 6) is -0.348. The number of rotatable bonds is 4. The highest BCUT2D eigenvalue weighted by molar-refractivity contribution is 5.93. The van der Waals surface area contributed by atoms with Gasteiger partial charge in [0, 0.05) is 25.9 Å². The van der Waals surface area contributed by atoms with E-state index < -0.39 is 0 Å². The molecule has 0 aliphatic carbocycles. The minimum absolute atomic E-state index is 0.225. The molecule has 0 fully saturated rings. The Balaban J connectivity index is 1.71. The average molecular weight is 296 g/mol. The third-order valence-electron chi connectivity index (χ3n) is 3.40. The van der Waals surface area contributed by atoms with Crippen LogP contribution in [0.25, 0.3) is 11.0 Å². The van der Waals surface area contributed by atoms with Crippen LogP contribution < -0.4 is 0 Å². The van der Waals surface area contributed by atoms with Gasteiger partial charge in [0.05, 0.1) is 11.1 Å². The van der Waals surface area contributed by atoms with E-state index in [1.807, 2.05) is 19.1 Å². The van der Waals surface area contributed by atoms with Gasteiger partial charge in [-0.05, 0) is 36.8 Å². The third kappa shape index (κ3) is 2.95. The first-order chi connectivity index (χ1) is 10.6. The Hall–Kier alpha value is -2.76. The number of nitrogens with zero attached hydrogens (tertiary/aromatic N) is 4. The van der Waals surface area contributed by atoms with Gasteiger partial charge in [0.1, 0.15) is 11.6 Å². The highest BCUT2D eigenvalue weighted by Crippen LogP contribution is 2.15. The Labute approximate surface area is 127 Å². The standard InChI is InChI=1S/C16H16N4O2/c1-11(8-12-4-3-7-17-10-12)22-16(21)13-5-6-14-15(9-13)20(2)19-18-14/h3-7,9-11H,8H2,1-2H3/t11-/m1/s1. The van der Waals surface area contributed by atoms with Gasteiger partial charge in [0.2, 0.25) is 0 Å². The van der Waals surface area contributed by atoms with E-state index in [-0.39, 0.29) is 12.1 Å². The Morgan fingerprint density at radius 2 is 2.23 bits per heavy atom. The third-order valence-corrected chi connectivity index (χ3v) is 3.40. The molecule has 3 rings (SSSR count). The zero-order chi connectivity index (χ0) is 15.5. The summed E-state index contributed by atoms with van der Waals surface area (Å²) in [6.45, 7) is 1.87. The molecule has 0 radical (unpaired) electrons. The predicted molar refractivity (Wildman–Crippen MR) is 81.3 cm³/mol. The van der Waals surface area contributed by atoms with Crippen molar-refractivity contribution in [2.75, 3.05) is 0 Å². The summed E-state index contributed by atoms with van der Waals surface area (Å²) in [6.07, 6.45) is 3.90. The van der Waals surface area contributed by atoms with E-state index in [1.165, 1.54) is 0 Å². The van der Waals surface area contributed by atoms with E-state index in [0.29, 0.717) is 12.0 Å². The minimum Gasteiger partial charge on any atom is -0.459 e. The van der Waals surface area contributed by atoms with E-state index in [0.717, 1.165) is 16.6 Å². The molecule has 112 valence electrons. The molecule has 3 aromatic rings. The van der Waals surface area contributed by atoms with Gasteiger partial charge in [-0.25, -0.2) is 9.48 Å². The molecular formula is C16H16N4O2. The molecule has 0 bridgehead atoms. The molecule has 1 atom stereocenters. The van der Waals surface area contributed by atoms with E-state index in [2.05, 4.69) is 15.3 Å². The molecule has 1 aromatic carbocycles. The van der Waals surface area contributed by atoms with Crippen LogP contribution in [0.2, 0.25) is 0 Å². The number of carbonyl (C=O) groups is 1. The zero-order valence-corrected chi connectivity index (χ0v) is 12.4.